The number of thioether (sulfide) groups is 1. The summed E-state index contributed by atoms with van der Waals surface area (Å²) < 4.78 is 0. The van der Waals surface area contributed by atoms with Gasteiger partial charge in [0.25, 0.3) is 0 Å². The predicted molar refractivity (Wildman–Crippen MR) is 89.3 cm³/mol. The van der Waals surface area contributed by atoms with E-state index < -0.39 is 0 Å². The maximum Gasteiger partial charge on any atom is 0.237 e. The van der Waals surface area contributed by atoms with Crippen molar-refractivity contribution < 1.29 is 9.59 Å². The van der Waals surface area contributed by atoms with Gasteiger partial charge in [-0.15, -0.1) is 0 Å². The SMILES string of the molecule is CC(=O)c1ccc(NC(=O)C(C)Sc2cc(C#N)ccn2)cc1. The number of carbonyl (C=O) groups is 2. The predicted octanol–water partition coefficient (Wildman–Crippen LogP) is 3.28. The third-order valence-corrected chi connectivity index (χ3v) is 4.12. The van der Waals surface area contributed by atoms with E-state index in [0.717, 1.165) is 0 Å². The van der Waals surface area contributed by atoms with E-state index in [1.807, 2.05) is 6.07 Å². The van der Waals surface area contributed by atoms with Gasteiger partial charge in [-0.25, -0.2) is 4.98 Å². The summed E-state index contributed by atoms with van der Waals surface area (Å²) in [6.45, 7) is 3.26. The first-order chi connectivity index (χ1) is 11.0. The van der Waals surface area contributed by atoms with E-state index in [4.69, 9.17) is 5.26 Å². The average Bonchev–Trinajstić information content (AvgIpc) is 2.55. The summed E-state index contributed by atoms with van der Waals surface area (Å²) in [5.41, 5.74) is 1.74. The molecule has 5 nitrogen and oxygen atoms in total. The number of aromatic nitrogens is 1. The molecule has 1 aromatic carbocycles. The van der Waals surface area contributed by atoms with Gasteiger partial charge in [0, 0.05) is 17.4 Å². The molecule has 2 rings (SSSR count). The molecule has 1 N–H and O–H groups in total. The molecule has 0 aliphatic carbocycles. The Bertz CT molecular complexity index is 766. The van der Waals surface area contributed by atoms with Crippen LogP contribution in [0.25, 0.3) is 0 Å². The minimum absolute atomic E-state index is 0.0183. The zero-order chi connectivity index (χ0) is 16.8. The number of pyridine rings is 1. The number of ketones is 1. The van der Waals surface area contributed by atoms with E-state index in [2.05, 4.69) is 10.3 Å². The molecule has 23 heavy (non-hydrogen) atoms. The lowest BCUT2D eigenvalue weighted by molar-refractivity contribution is -0.115. The van der Waals surface area contributed by atoms with Crippen molar-refractivity contribution in [3.8, 4) is 6.07 Å². The number of carbonyl (C=O) groups excluding carboxylic acids is 2. The van der Waals surface area contributed by atoms with Gasteiger partial charge in [-0.1, -0.05) is 11.8 Å². The summed E-state index contributed by atoms with van der Waals surface area (Å²) in [6, 6.07) is 12.0. The number of nitrogens with zero attached hydrogens (tertiary/aromatic N) is 2. The van der Waals surface area contributed by atoms with Crippen LogP contribution in [-0.4, -0.2) is 21.9 Å². The molecular weight excluding hydrogens is 310 g/mol. The Morgan fingerprint density at radius 2 is 1.96 bits per heavy atom. The molecule has 0 saturated heterocycles. The van der Waals surface area contributed by atoms with Gasteiger partial charge in [-0.2, -0.15) is 5.26 Å². The standard InChI is InChI=1S/C17H15N3O2S/c1-11(21)14-3-5-15(6-4-14)20-17(22)12(2)23-16-9-13(10-18)7-8-19-16/h3-9,12H,1-2H3,(H,20,22). The number of anilines is 1. The summed E-state index contributed by atoms with van der Waals surface area (Å²) in [5, 5.41) is 11.9. The van der Waals surface area contributed by atoms with Crippen LogP contribution >= 0.6 is 11.8 Å². The zero-order valence-electron chi connectivity index (χ0n) is 12.7. The molecular formula is C17H15N3O2S. The summed E-state index contributed by atoms with van der Waals surface area (Å²) in [5.74, 6) is -0.190. The van der Waals surface area contributed by atoms with Gasteiger partial charge in [0.1, 0.15) is 0 Å². The first-order valence-electron chi connectivity index (χ1n) is 6.94. The first-order valence-corrected chi connectivity index (χ1v) is 7.82. The molecule has 0 aliphatic heterocycles. The molecule has 0 radical (unpaired) electrons. The van der Waals surface area contributed by atoms with Gasteiger partial charge in [0.2, 0.25) is 5.91 Å². The Balaban J connectivity index is 1.99. The fraction of sp³-hybridized carbons (Fsp3) is 0.176. The van der Waals surface area contributed by atoms with Gasteiger partial charge in [0.05, 0.1) is 21.9 Å². The Labute approximate surface area is 138 Å². The second-order valence-electron chi connectivity index (χ2n) is 4.88. The van der Waals surface area contributed by atoms with Crippen molar-refractivity contribution in [2.24, 2.45) is 0 Å². The number of benzene rings is 1. The minimum atomic E-state index is -0.371. The van der Waals surface area contributed by atoms with Crippen LogP contribution in [0.3, 0.4) is 0 Å². The third-order valence-electron chi connectivity index (χ3n) is 3.09. The van der Waals surface area contributed by atoms with Crippen molar-refractivity contribution >= 4 is 29.1 Å². The topological polar surface area (TPSA) is 82.9 Å². The average molecular weight is 325 g/mol. The van der Waals surface area contributed by atoms with Crippen molar-refractivity contribution in [3.63, 3.8) is 0 Å². The van der Waals surface area contributed by atoms with Crippen LogP contribution in [0.5, 0.6) is 0 Å². The number of rotatable bonds is 5. The molecule has 1 amide bonds. The van der Waals surface area contributed by atoms with Crippen molar-refractivity contribution in [3.05, 3.63) is 53.7 Å². The van der Waals surface area contributed by atoms with Gasteiger partial charge in [0.15, 0.2) is 5.78 Å². The van der Waals surface area contributed by atoms with Gasteiger partial charge < -0.3 is 5.32 Å². The zero-order valence-corrected chi connectivity index (χ0v) is 13.6. The van der Waals surface area contributed by atoms with Gasteiger partial charge in [-0.3, -0.25) is 9.59 Å². The number of nitrogens with one attached hydrogen (secondary N) is 1. The van der Waals surface area contributed by atoms with E-state index in [1.54, 1.807) is 49.5 Å². The quantitative estimate of drug-likeness (QED) is 0.674. The molecule has 1 aromatic heterocycles. The van der Waals surface area contributed by atoms with Crippen LogP contribution < -0.4 is 5.32 Å². The van der Waals surface area contributed by atoms with E-state index in [-0.39, 0.29) is 16.9 Å². The number of hydrogen-bond donors (Lipinski definition) is 1. The molecule has 6 heteroatoms. The fourth-order valence-corrected chi connectivity index (χ4v) is 2.66. The van der Waals surface area contributed by atoms with E-state index >= 15 is 0 Å². The Kier molecular flexibility index (Phi) is 5.50. The lowest BCUT2D eigenvalue weighted by Gasteiger charge is -2.11. The molecule has 0 fully saturated rings. The Morgan fingerprint density at radius 1 is 1.26 bits per heavy atom. The van der Waals surface area contributed by atoms with Crippen molar-refractivity contribution in [1.82, 2.24) is 4.98 Å². The lowest BCUT2D eigenvalue weighted by atomic mass is 10.1. The second-order valence-corrected chi connectivity index (χ2v) is 6.24. The molecule has 0 aliphatic rings. The number of nitriles is 1. The van der Waals surface area contributed by atoms with E-state index in [1.165, 1.54) is 18.7 Å². The molecule has 1 atom stereocenters. The van der Waals surface area contributed by atoms with E-state index in [0.29, 0.717) is 21.8 Å². The molecule has 2 aromatic rings. The third kappa shape index (κ3) is 4.66. The second kappa shape index (κ2) is 7.56. The fourth-order valence-electron chi connectivity index (χ4n) is 1.81. The summed E-state index contributed by atoms with van der Waals surface area (Å²) in [4.78, 5) is 27.6. The molecule has 0 bridgehead atoms. The summed E-state index contributed by atoms with van der Waals surface area (Å²) in [6.07, 6.45) is 1.55. The van der Waals surface area contributed by atoms with Gasteiger partial charge in [-0.05, 0) is 50.2 Å². The molecule has 0 spiro atoms. The van der Waals surface area contributed by atoms with Crippen LogP contribution in [-0.2, 0) is 4.79 Å². The Morgan fingerprint density at radius 3 is 2.57 bits per heavy atom. The normalized spacial score (nSPS) is 11.3. The molecule has 1 unspecified atom stereocenters. The van der Waals surface area contributed by atoms with Crippen LogP contribution in [0.1, 0.15) is 29.8 Å². The summed E-state index contributed by atoms with van der Waals surface area (Å²) >= 11 is 1.28. The lowest BCUT2D eigenvalue weighted by Crippen LogP contribution is -2.22. The minimum Gasteiger partial charge on any atom is -0.325 e. The maximum absolute atomic E-state index is 12.2. The number of hydrogen-bond acceptors (Lipinski definition) is 5. The van der Waals surface area contributed by atoms with Crippen molar-refractivity contribution in [1.29, 1.82) is 5.26 Å². The Hall–Kier alpha value is -2.65. The van der Waals surface area contributed by atoms with E-state index in [9.17, 15) is 9.59 Å². The molecule has 116 valence electrons. The van der Waals surface area contributed by atoms with Crippen LogP contribution in [0.2, 0.25) is 0 Å². The maximum atomic E-state index is 12.2. The van der Waals surface area contributed by atoms with Crippen LogP contribution in [0.4, 0.5) is 5.69 Å². The van der Waals surface area contributed by atoms with Crippen LogP contribution in [0.15, 0.2) is 47.6 Å². The molecule has 1 heterocycles. The van der Waals surface area contributed by atoms with Crippen molar-refractivity contribution in [2.45, 2.75) is 24.1 Å². The first kappa shape index (κ1) is 16.7. The smallest absolute Gasteiger partial charge is 0.237 e. The number of Topliss-reactive ketones (excluding diaryl/α,β-unsaturated/α-hetero) is 1. The summed E-state index contributed by atoms with van der Waals surface area (Å²) in [7, 11) is 0. The number of amides is 1. The highest BCUT2D eigenvalue weighted by molar-refractivity contribution is 8.00. The van der Waals surface area contributed by atoms with Gasteiger partial charge >= 0.3 is 0 Å². The van der Waals surface area contributed by atoms with Crippen molar-refractivity contribution in [2.75, 3.05) is 5.32 Å². The monoisotopic (exact) mass is 325 g/mol. The molecule has 0 saturated carbocycles. The highest BCUT2D eigenvalue weighted by Gasteiger charge is 2.15. The largest absolute Gasteiger partial charge is 0.325 e. The highest BCUT2D eigenvalue weighted by Crippen LogP contribution is 2.23. The highest BCUT2D eigenvalue weighted by atomic mass is 32.2. The van der Waals surface area contributed by atoms with Crippen LogP contribution in [0, 0.1) is 11.3 Å².